The predicted molar refractivity (Wildman–Crippen MR) is 120 cm³/mol. The third-order valence-electron chi connectivity index (χ3n) is 4.08. The van der Waals surface area contributed by atoms with Gasteiger partial charge in [0.05, 0.1) is 6.61 Å². The summed E-state index contributed by atoms with van der Waals surface area (Å²) >= 11 is 11.9. The molecule has 3 rings (SSSR count). The third kappa shape index (κ3) is 6.42. The minimum Gasteiger partial charge on any atom is -0.474 e. The number of methoxy groups -OCH3 is 1. The van der Waals surface area contributed by atoms with Gasteiger partial charge < -0.3 is 20.1 Å². The van der Waals surface area contributed by atoms with Crippen LogP contribution in [0, 0.1) is 0 Å². The van der Waals surface area contributed by atoms with Gasteiger partial charge in [0.2, 0.25) is 5.88 Å². The standard InChI is InChI=1S/C22H19Cl2N3O4/c1-30-9-10-31-22-19(3-2-8-25-22)27-20(28)14-4-6-18(7-5-14)26-21(29)15-11-16(23)13-17(24)12-15/h2-8,11-13H,9-10H2,1H3,(H,26,29)(H,27,28). The van der Waals surface area contributed by atoms with Gasteiger partial charge in [-0.3, -0.25) is 9.59 Å². The maximum absolute atomic E-state index is 12.6. The summed E-state index contributed by atoms with van der Waals surface area (Å²) < 4.78 is 10.5. The normalized spacial score (nSPS) is 10.4. The van der Waals surface area contributed by atoms with Gasteiger partial charge in [0, 0.05) is 40.2 Å². The van der Waals surface area contributed by atoms with Crippen molar-refractivity contribution in [2.75, 3.05) is 31.0 Å². The van der Waals surface area contributed by atoms with E-state index in [4.69, 9.17) is 32.7 Å². The van der Waals surface area contributed by atoms with Crippen molar-refractivity contribution >= 4 is 46.4 Å². The Kier molecular flexibility index (Phi) is 7.83. The molecule has 9 heteroatoms. The van der Waals surface area contributed by atoms with Gasteiger partial charge in [-0.05, 0) is 54.6 Å². The molecule has 0 saturated heterocycles. The van der Waals surface area contributed by atoms with Crippen molar-refractivity contribution in [2.45, 2.75) is 0 Å². The first-order valence-corrected chi connectivity index (χ1v) is 9.97. The van der Waals surface area contributed by atoms with Crippen molar-refractivity contribution in [3.8, 4) is 5.88 Å². The van der Waals surface area contributed by atoms with E-state index in [1.807, 2.05) is 0 Å². The summed E-state index contributed by atoms with van der Waals surface area (Å²) in [5, 5.41) is 6.24. The Balaban J connectivity index is 1.65. The van der Waals surface area contributed by atoms with E-state index in [0.717, 1.165) is 0 Å². The van der Waals surface area contributed by atoms with E-state index >= 15 is 0 Å². The number of carbonyl (C=O) groups is 2. The number of benzene rings is 2. The maximum atomic E-state index is 12.6. The lowest BCUT2D eigenvalue weighted by Gasteiger charge is -2.11. The number of aromatic nitrogens is 1. The Morgan fingerprint density at radius 1 is 0.903 bits per heavy atom. The smallest absolute Gasteiger partial charge is 0.255 e. The fourth-order valence-corrected chi connectivity index (χ4v) is 3.14. The van der Waals surface area contributed by atoms with Crippen LogP contribution in [0.25, 0.3) is 0 Å². The van der Waals surface area contributed by atoms with Gasteiger partial charge in [-0.1, -0.05) is 23.2 Å². The van der Waals surface area contributed by atoms with Crippen LogP contribution >= 0.6 is 23.2 Å². The number of anilines is 2. The Bertz CT molecular complexity index is 1050. The topological polar surface area (TPSA) is 89.6 Å². The van der Waals surface area contributed by atoms with Gasteiger partial charge in [0.15, 0.2) is 0 Å². The third-order valence-corrected chi connectivity index (χ3v) is 4.51. The average molecular weight is 460 g/mol. The van der Waals surface area contributed by atoms with Gasteiger partial charge in [-0.15, -0.1) is 0 Å². The number of hydrogen-bond acceptors (Lipinski definition) is 5. The highest BCUT2D eigenvalue weighted by atomic mass is 35.5. The van der Waals surface area contributed by atoms with E-state index in [0.29, 0.717) is 51.6 Å². The summed E-state index contributed by atoms with van der Waals surface area (Å²) in [5.41, 5.74) is 1.69. The van der Waals surface area contributed by atoms with Crippen molar-refractivity contribution in [1.82, 2.24) is 4.98 Å². The number of carbonyl (C=O) groups excluding carboxylic acids is 2. The summed E-state index contributed by atoms with van der Waals surface area (Å²) in [7, 11) is 1.57. The van der Waals surface area contributed by atoms with Gasteiger partial charge in [0.1, 0.15) is 12.3 Å². The quantitative estimate of drug-likeness (QED) is 0.466. The molecule has 1 heterocycles. The van der Waals surface area contributed by atoms with Crippen LogP contribution in [0.3, 0.4) is 0 Å². The molecule has 0 atom stereocenters. The minimum atomic E-state index is -0.366. The number of nitrogens with zero attached hydrogens (tertiary/aromatic N) is 1. The van der Waals surface area contributed by atoms with Crippen LogP contribution in [-0.4, -0.2) is 37.1 Å². The van der Waals surface area contributed by atoms with E-state index in [9.17, 15) is 9.59 Å². The molecule has 1 aromatic heterocycles. The maximum Gasteiger partial charge on any atom is 0.255 e. The summed E-state index contributed by atoms with van der Waals surface area (Å²) in [6, 6.07) is 14.4. The van der Waals surface area contributed by atoms with Gasteiger partial charge >= 0.3 is 0 Å². The summed E-state index contributed by atoms with van der Waals surface area (Å²) in [5.74, 6) is -0.407. The lowest BCUT2D eigenvalue weighted by Crippen LogP contribution is -2.15. The van der Waals surface area contributed by atoms with Crippen LogP contribution in [0.15, 0.2) is 60.8 Å². The number of ether oxygens (including phenoxy) is 2. The molecule has 0 unspecified atom stereocenters. The molecule has 7 nitrogen and oxygen atoms in total. The highest BCUT2D eigenvalue weighted by molar-refractivity contribution is 6.35. The molecule has 2 aromatic carbocycles. The molecule has 0 fully saturated rings. The number of halogens is 2. The van der Waals surface area contributed by atoms with E-state index in [-0.39, 0.29) is 11.8 Å². The molecule has 0 aliphatic heterocycles. The van der Waals surface area contributed by atoms with E-state index < -0.39 is 0 Å². The lowest BCUT2D eigenvalue weighted by atomic mass is 10.1. The highest BCUT2D eigenvalue weighted by Gasteiger charge is 2.12. The Labute approximate surface area is 189 Å². The predicted octanol–water partition coefficient (Wildman–Crippen LogP) is 4.92. The van der Waals surface area contributed by atoms with E-state index in [1.165, 1.54) is 12.1 Å². The van der Waals surface area contributed by atoms with Crippen molar-refractivity contribution in [3.05, 3.63) is 82.0 Å². The molecule has 2 N–H and O–H groups in total. The SMILES string of the molecule is COCCOc1ncccc1NC(=O)c1ccc(NC(=O)c2cc(Cl)cc(Cl)c2)cc1. The number of pyridine rings is 1. The molecule has 0 bridgehead atoms. The summed E-state index contributed by atoms with van der Waals surface area (Å²) in [6.45, 7) is 0.709. The van der Waals surface area contributed by atoms with Crippen LogP contribution in [0.1, 0.15) is 20.7 Å². The molecule has 0 radical (unpaired) electrons. The Morgan fingerprint density at radius 2 is 1.58 bits per heavy atom. The number of amides is 2. The molecule has 0 aliphatic rings. The fourth-order valence-electron chi connectivity index (χ4n) is 2.61. The Morgan fingerprint density at radius 3 is 2.26 bits per heavy atom. The van der Waals surface area contributed by atoms with Crippen LogP contribution in [-0.2, 0) is 4.74 Å². The zero-order valence-electron chi connectivity index (χ0n) is 16.5. The zero-order valence-corrected chi connectivity index (χ0v) is 18.0. The van der Waals surface area contributed by atoms with Crippen LogP contribution in [0.5, 0.6) is 5.88 Å². The van der Waals surface area contributed by atoms with Crippen molar-refractivity contribution in [2.24, 2.45) is 0 Å². The zero-order chi connectivity index (χ0) is 22.2. The second kappa shape index (κ2) is 10.8. The molecule has 0 saturated carbocycles. The van der Waals surface area contributed by atoms with Crippen molar-refractivity contribution in [3.63, 3.8) is 0 Å². The first kappa shape index (κ1) is 22.6. The van der Waals surface area contributed by atoms with E-state index in [1.54, 1.807) is 55.8 Å². The van der Waals surface area contributed by atoms with Crippen LogP contribution < -0.4 is 15.4 Å². The van der Waals surface area contributed by atoms with Gasteiger partial charge in [-0.2, -0.15) is 0 Å². The molecule has 2 amide bonds. The van der Waals surface area contributed by atoms with Crippen LogP contribution in [0.2, 0.25) is 10.0 Å². The summed E-state index contributed by atoms with van der Waals surface area (Å²) in [6.07, 6.45) is 1.57. The molecular formula is C22H19Cl2N3O4. The van der Waals surface area contributed by atoms with E-state index in [2.05, 4.69) is 15.6 Å². The van der Waals surface area contributed by atoms with Crippen LogP contribution in [0.4, 0.5) is 11.4 Å². The van der Waals surface area contributed by atoms with Gasteiger partial charge in [0.25, 0.3) is 11.8 Å². The number of hydrogen-bond donors (Lipinski definition) is 2. The molecular weight excluding hydrogens is 441 g/mol. The number of nitrogens with one attached hydrogen (secondary N) is 2. The largest absolute Gasteiger partial charge is 0.474 e. The highest BCUT2D eigenvalue weighted by Crippen LogP contribution is 2.22. The molecule has 3 aromatic rings. The monoisotopic (exact) mass is 459 g/mol. The molecule has 0 aliphatic carbocycles. The second-order valence-corrected chi connectivity index (χ2v) is 7.21. The van der Waals surface area contributed by atoms with Gasteiger partial charge in [-0.25, -0.2) is 4.98 Å². The summed E-state index contributed by atoms with van der Waals surface area (Å²) in [4.78, 5) is 29.1. The average Bonchev–Trinajstić information content (AvgIpc) is 2.75. The Hall–Kier alpha value is -3.13. The molecule has 31 heavy (non-hydrogen) atoms. The minimum absolute atomic E-state index is 0.303. The lowest BCUT2D eigenvalue weighted by molar-refractivity contribution is 0.101. The van der Waals surface area contributed by atoms with Crippen molar-refractivity contribution in [1.29, 1.82) is 0 Å². The fraction of sp³-hybridized carbons (Fsp3) is 0.136. The molecule has 160 valence electrons. The van der Waals surface area contributed by atoms with Crippen molar-refractivity contribution < 1.29 is 19.1 Å². The first-order chi connectivity index (χ1) is 15.0. The second-order valence-electron chi connectivity index (χ2n) is 6.34. The number of rotatable bonds is 8. The molecule has 0 spiro atoms. The first-order valence-electron chi connectivity index (χ1n) is 9.22.